The summed E-state index contributed by atoms with van der Waals surface area (Å²) >= 11 is 0. The standard InChI is InChI=1S/C17H14O4.CH4N2O2/c1-19-13-10-6-9-12-14(18)17(20-2)15(21-16(12)13)11-7-4-3-5-8-11;2-1(4)3-5/h3-10H,1-2H3;5H,(H3,2,3,4). The third kappa shape index (κ3) is 3.93. The van der Waals surface area contributed by atoms with Gasteiger partial charge in [0.2, 0.25) is 11.2 Å². The van der Waals surface area contributed by atoms with Gasteiger partial charge in [-0.2, -0.15) is 0 Å². The Morgan fingerprint density at radius 1 is 1.08 bits per heavy atom. The quantitative estimate of drug-likeness (QED) is 0.488. The lowest BCUT2D eigenvalue weighted by Gasteiger charge is -2.10. The van der Waals surface area contributed by atoms with E-state index < -0.39 is 6.03 Å². The molecule has 0 aliphatic rings. The van der Waals surface area contributed by atoms with Crippen LogP contribution in [-0.2, 0) is 0 Å². The van der Waals surface area contributed by atoms with Gasteiger partial charge in [-0.25, -0.2) is 10.3 Å². The lowest BCUT2D eigenvalue weighted by atomic mass is 10.1. The number of rotatable bonds is 3. The molecule has 1 heterocycles. The Morgan fingerprint density at radius 3 is 2.27 bits per heavy atom. The zero-order valence-electron chi connectivity index (χ0n) is 14.2. The fourth-order valence-corrected chi connectivity index (χ4v) is 2.30. The molecule has 0 saturated heterocycles. The number of hydrogen-bond acceptors (Lipinski definition) is 6. The molecule has 3 aromatic rings. The van der Waals surface area contributed by atoms with Crippen molar-refractivity contribution >= 4 is 17.0 Å². The first-order chi connectivity index (χ1) is 12.5. The van der Waals surface area contributed by atoms with Crippen LogP contribution < -0.4 is 26.1 Å². The van der Waals surface area contributed by atoms with E-state index in [-0.39, 0.29) is 11.2 Å². The van der Waals surface area contributed by atoms with Crippen molar-refractivity contribution in [2.75, 3.05) is 14.2 Å². The molecule has 0 spiro atoms. The second-order valence-electron chi connectivity index (χ2n) is 4.97. The van der Waals surface area contributed by atoms with Crippen LogP contribution in [0, 0.1) is 0 Å². The Kier molecular flexibility index (Phi) is 6.18. The second kappa shape index (κ2) is 8.54. The molecule has 0 unspecified atom stereocenters. The lowest BCUT2D eigenvalue weighted by molar-refractivity contribution is 0.169. The summed E-state index contributed by atoms with van der Waals surface area (Å²) in [6, 6.07) is 13.6. The van der Waals surface area contributed by atoms with E-state index >= 15 is 0 Å². The van der Waals surface area contributed by atoms with Gasteiger partial charge in [-0.1, -0.05) is 36.4 Å². The summed E-state index contributed by atoms with van der Waals surface area (Å²) in [4.78, 5) is 21.8. The second-order valence-corrected chi connectivity index (χ2v) is 4.97. The molecule has 0 radical (unpaired) electrons. The van der Waals surface area contributed by atoms with Crippen LogP contribution in [0.5, 0.6) is 11.5 Å². The highest BCUT2D eigenvalue weighted by atomic mass is 16.5. The maximum atomic E-state index is 12.6. The number of primary amides is 1. The molecule has 3 rings (SSSR count). The number of hydroxylamine groups is 1. The van der Waals surface area contributed by atoms with Gasteiger partial charge in [0.25, 0.3) is 0 Å². The summed E-state index contributed by atoms with van der Waals surface area (Å²) in [7, 11) is 3.01. The largest absolute Gasteiger partial charge is 0.493 e. The van der Waals surface area contributed by atoms with E-state index in [0.29, 0.717) is 22.5 Å². The molecule has 0 saturated carbocycles. The Morgan fingerprint density at radius 2 is 1.73 bits per heavy atom. The van der Waals surface area contributed by atoms with E-state index in [1.165, 1.54) is 12.6 Å². The van der Waals surface area contributed by atoms with Crippen molar-refractivity contribution in [3.63, 3.8) is 0 Å². The molecule has 8 nitrogen and oxygen atoms in total. The molecule has 8 heteroatoms. The molecule has 136 valence electrons. The summed E-state index contributed by atoms with van der Waals surface area (Å²) in [5.41, 5.74) is 6.44. The zero-order valence-corrected chi connectivity index (χ0v) is 14.2. The van der Waals surface area contributed by atoms with Crippen molar-refractivity contribution in [2.45, 2.75) is 0 Å². The summed E-state index contributed by atoms with van der Waals surface area (Å²) in [5, 5.41) is 7.85. The van der Waals surface area contributed by atoms with Gasteiger partial charge in [0.05, 0.1) is 19.6 Å². The molecule has 0 aliphatic carbocycles. The Labute approximate surface area is 148 Å². The van der Waals surface area contributed by atoms with Crippen molar-refractivity contribution in [1.29, 1.82) is 0 Å². The molecule has 4 N–H and O–H groups in total. The minimum absolute atomic E-state index is 0.196. The summed E-state index contributed by atoms with van der Waals surface area (Å²) in [6.45, 7) is 0. The van der Waals surface area contributed by atoms with E-state index in [1.54, 1.807) is 25.3 Å². The van der Waals surface area contributed by atoms with Crippen molar-refractivity contribution in [3.05, 3.63) is 58.8 Å². The first-order valence-corrected chi connectivity index (χ1v) is 7.46. The highest BCUT2D eigenvalue weighted by Gasteiger charge is 2.18. The smallest absolute Gasteiger partial charge is 0.335 e. The number of benzene rings is 2. The van der Waals surface area contributed by atoms with E-state index in [0.717, 1.165) is 5.56 Å². The highest BCUT2D eigenvalue weighted by Crippen LogP contribution is 2.33. The molecule has 0 fully saturated rings. The minimum atomic E-state index is -0.940. The molecule has 0 atom stereocenters. The molecule has 0 aliphatic heterocycles. The first-order valence-electron chi connectivity index (χ1n) is 7.46. The van der Waals surface area contributed by atoms with Crippen LogP contribution in [-0.4, -0.2) is 25.5 Å². The van der Waals surface area contributed by atoms with Crippen LogP contribution in [0.4, 0.5) is 4.79 Å². The van der Waals surface area contributed by atoms with Crippen molar-refractivity contribution in [3.8, 4) is 22.8 Å². The number of urea groups is 1. The van der Waals surface area contributed by atoms with E-state index in [1.807, 2.05) is 30.3 Å². The summed E-state index contributed by atoms with van der Waals surface area (Å²) in [6.07, 6.45) is 0. The van der Waals surface area contributed by atoms with Gasteiger partial charge in [0.1, 0.15) is 0 Å². The molecular formula is C18H18N2O6. The summed E-state index contributed by atoms with van der Waals surface area (Å²) in [5.74, 6) is 1.12. The maximum Gasteiger partial charge on any atom is 0.335 e. The number of nitrogens with two attached hydrogens (primary N) is 1. The number of carbonyl (C=O) groups excluding carboxylic acids is 1. The van der Waals surface area contributed by atoms with Crippen LogP contribution in [0.25, 0.3) is 22.3 Å². The van der Waals surface area contributed by atoms with Gasteiger partial charge in [0.15, 0.2) is 17.1 Å². The van der Waals surface area contributed by atoms with Gasteiger partial charge < -0.3 is 19.6 Å². The van der Waals surface area contributed by atoms with Crippen LogP contribution in [0.15, 0.2) is 57.7 Å². The molecule has 2 amide bonds. The lowest BCUT2D eigenvalue weighted by Crippen LogP contribution is -2.25. The third-order valence-electron chi connectivity index (χ3n) is 3.41. The topological polar surface area (TPSA) is 124 Å². The number of ether oxygens (including phenoxy) is 2. The molecule has 0 bridgehead atoms. The monoisotopic (exact) mass is 358 g/mol. The van der Waals surface area contributed by atoms with E-state index in [4.69, 9.17) is 19.1 Å². The van der Waals surface area contributed by atoms with Gasteiger partial charge >= 0.3 is 6.03 Å². The Hall–Kier alpha value is -3.52. The zero-order chi connectivity index (χ0) is 19.1. The first kappa shape index (κ1) is 18.8. The predicted octanol–water partition coefficient (Wildman–Crippen LogP) is 2.52. The minimum Gasteiger partial charge on any atom is -0.493 e. The fraction of sp³-hybridized carbons (Fsp3) is 0.111. The molecule has 26 heavy (non-hydrogen) atoms. The number of nitrogens with one attached hydrogen (secondary N) is 1. The molecule has 1 aromatic heterocycles. The van der Waals surface area contributed by atoms with Gasteiger partial charge in [-0.3, -0.25) is 10.0 Å². The SMILES string of the molecule is COc1c(-c2ccccc2)oc2c(OC)cccc2c1=O.NC(=O)NO. The number of hydrogen-bond donors (Lipinski definition) is 3. The van der Waals surface area contributed by atoms with Crippen molar-refractivity contribution < 1.29 is 23.9 Å². The summed E-state index contributed by atoms with van der Waals surface area (Å²) < 4.78 is 16.5. The van der Waals surface area contributed by atoms with Crippen LogP contribution in [0.2, 0.25) is 0 Å². The number of carbonyl (C=O) groups is 1. The Balaban J connectivity index is 0.000000431. The van der Waals surface area contributed by atoms with Crippen molar-refractivity contribution in [2.24, 2.45) is 5.73 Å². The average molecular weight is 358 g/mol. The van der Waals surface area contributed by atoms with Crippen LogP contribution >= 0.6 is 0 Å². The highest BCUT2D eigenvalue weighted by molar-refractivity contribution is 5.86. The molecule has 2 aromatic carbocycles. The van der Waals surface area contributed by atoms with Crippen molar-refractivity contribution in [1.82, 2.24) is 5.48 Å². The Bertz CT molecular complexity index is 953. The fourth-order valence-electron chi connectivity index (χ4n) is 2.30. The van der Waals surface area contributed by atoms with Crippen LogP contribution in [0.3, 0.4) is 0 Å². The number of para-hydroxylation sites is 1. The number of methoxy groups -OCH3 is 2. The number of amides is 2. The third-order valence-corrected chi connectivity index (χ3v) is 3.41. The van der Waals surface area contributed by atoms with Crippen LogP contribution in [0.1, 0.15) is 0 Å². The van der Waals surface area contributed by atoms with E-state index in [2.05, 4.69) is 5.73 Å². The van der Waals surface area contributed by atoms with Gasteiger partial charge in [-0.05, 0) is 12.1 Å². The van der Waals surface area contributed by atoms with E-state index in [9.17, 15) is 9.59 Å². The maximum absolute atomic E-state index is 12.6. The average Bonchev–Trinajstić information content (AvgIpc) is 2.68. The van der Waals surface area contributed by atoms with Gasteiger partial charge in [0, 0.05) is 5.56 Å². The normalized spacial score (nSPS) is 9.81. The van der Waals surface area contributed by atoms with Gasteiger partial charge in [-0.15, -0.1) is 0 Å². The predicted molar refractivity (Wildman–Crippen MR) is 95.5 cm³/mol. The molecular weight excluding hydrogens is 340 g/mol. The number of fused-ring (bicyclic) bond motifs is 1.